The highest BCUT2D eigenvalue weighted by atomic mass is 35.5. The lowest BCUT2D eigenvalue weighted by atomic mass is 10.1. The van der Waals surface area contributed by atoms with Gasteiger partial charge in [0.15, 0.2) is 0 Å². The highest BCUT2D eigenvalue weighted by Crippen LogP contribution is 2.15. The third-order valence-electron chi connectivity index (χ3n) is 3.77. The number of rotatable bonds is 9. The van der Waals surface area contributed by atoms with Crippen molar-refractivity contribution in [1.82, 2.24) is 0 Å². The molecule has 8 heteroatoms. The van der Waals surface area contributed by atoms with Gasteiger partial charge in [-0.1, -0.05) is 36.4 Å². The smallest absolute Gasteiger partial charge is 0.306 e. The Labute approximate surface area is 171 Å². The van der Waals surface area contributed by atoms with Crippen molar-refractivity contribution in [2.24, 2.45) is 0 Å². The lowest BCUT2D eigenvalue weighted by molar-refractivity contribution is -0.151. The lowest BCUT2D eigenvalue weighted by Crippen LogP contribution is -2.11. The molecule has 6 nitrogen and oxygen atoms in total. The summed E-state index contributed by atoms with van der Waals surface area (Å²) < 4.78 is 10.1. The number of benzene rings is 2. The summed E-state index contributed by atoms with van der Waals surface area (Å²) in [6.07, 6.45) is -0.377. The number of esters is 2. The van der Waals surface area contributed by atoms with Crippen LogP contribution in [-0.4, -0.2) is 22.4 Å². The molecule has 0 atom stereocenters. The van der Waals surface area contributed by atoms with Crippen molar-refractivity contribution < 1.29 is 28.7 Å². The fraction of sp³-hybridized carbons (Fsp3) is 0.200. The van der Waals surface area contributed by atoms with Gasteiger partial charge in [-0.15, -0.1) is 0 Å². The van der Waals surface area contributed by atoms with Crippen LogP contribution in [-0.2, 0) is 32.3 Å². The van der Waals surface area contributed by atoms with Crippen LogP contribution in [0.25, 0.3) is 0 Å². The van der Waals surface area contributed by atoms with E-state index in [-0.39, 0.29) is 37.2 Å². The van der Waals surface area contributed by atoms with Crippen LogP contribution in [0, 0.1) is 0 Å². The van der Waals surface area contributed by atoms with Crippen molar-refractivity contribution in [3.63, 3.8) is 0 Å². The zero-order valence-electron chi connectivity index (χ0n) is 14.7. The summed E-state index contributed by atoms with van der Waals surface area (Å²) in [4.78, 5) is 46.2. The van der Waals surface area contributed by atoms with Crippen LogP contribution in [0.1, 0.15) is 44.7 Å². The molecule has 0 aliphatic carbocycles. The Bertz CT molecular complexity index is 820. The van der Waals surface area contributed by atoms with Gasteiger partial charge < -0.3 is 9.47 Å². The maximum absolute atomic E-state index is 11.8. The molecule has 0 saturated heterocycles. The number of carbonyl (C=O) groups is 4. The van der Waals surface area contributed by atoms with Crippen molar-refractivity contribution in [3.05, 3.63) is 70.8 Å². The topological polar surface area (TPSA) is 86.7 Å². The second-order valence-electron chi connectivity index (χ2n) is 5.68. The van der Waals surface area contributed by atoms with Crippen molar-refractivity contribution in [2.45, 2.75) is 26.1 Å². The van der Waals surface area contributed by atoms with E-state index in [4.69, 9.17) is 32.7 Å². The molecule has 0 unspecified atom stereocenters. The summed E-state index contributed by atoms with van der Waals surface area (Å²) in [6.45, 7) is -0.262. The van der Waals surface area contributed by atoms with Gasteiger partial charge in [0.2, 0.25) is 0 Å². The first kappa shape index (κ1) is 21.6. The van der Waals surface area contributed by atoms with Crippen LogP contribution in [0.3, 0.4) is 0 Å². The molecule has 146 valence electrons. The van der Waals surface area contributed by atoms with Gasteiger partial charge in [0.25, 0.3) is 10.5 Å². The van der Waals surface area contributed by atoms with Gasteiger partial charge >= 0.3 is 11.9 Å². The van der Waals surface area contributed by atoms with Crippen molar-refractivity contribution >= 4 is 45.6 Å². The second-order valence-corrected chi connectivity index (χ2v) is 6.37. The SMILES string of the molecule is O=C(CCC(=O)OCc1ccccc1C(=O)Cl)OCc1ccccc1C(=O)Cl. The van der Waals surface area contributed by atoms with E-state index in [1.807, 2.05) is 0 Å². The predicted molar refractivity (Wildman–Crippen MR) is 102 cm³/mol. The minimum Gasteiger partial charge on any atom is -0.461 e. The Morgan fingerprint density at radius 1 is 0.643 bits per heavy atom. The van der Waals surface area contributed by atoms with Crippen LogP contribution in [0.5, 0.6) is 0 Å². The quantitative estimate of drug-likeness (QED) is 0.448. The minimum absolute atomic E-state index is 0.131. The number of hydrogen-bond acceptors (Lipinski definition) is 6. The zero-order valence-corrected chi connectivity index (χ0v) is 16.2. The maximum Gasteiger partial charge on any atom is 0.306 e. The first-order valence-corrected chi connectivity index (χ1v) is 9.00. The molecule has 0 bridgehead atoms. The fourth-order valence-electron chi connectivity index (χ4n) is 2.34. The Hall–Kier alpha value is -2.70. The summed E-state index contributed by atoms with van der Waals surface area (Å²) >= 11 is 10.9. The van der Waals surface area contributed by atoms with Gasteiger partial charge in [-0.2, -0.15) is 0 Å². The van der Waals surface area contributed by atoms with E-state index in [2.05, 4.69) is 0 Å². The highest BCUT2D eigenvalue weighted by Gasteiger charge is 2.14. The summed E-state index contributed by atoms with van der Waals surface area (Å²) in [6, 6.07) is 13.0. The third kappa shape index (κ3) is 6.48. The van der Waals surface area contributed by atoms with Crippen LogP contribution in [0.4, 0.5) is 0 Å². The van der Waals surface area contributed by atoms with Gasteiger partial charge in [0.1, 0.15) is 13.2 Å². The number of halogens is 2. The van der Waals surface area contributed by atoms with E-state index in [0.29, 0.717) is 11.1 Å². The summed E-state index contributed by atoms with van der Waals surface area (Å²) in [7, 11) is 0. The van der Waals surface area contributed by atoms with Crippen LogP contribution >= 0.6 is 23.2 Å². The highest BCUT2D eigenvalue weighted by molar-refractivity contribution is 6.68. The largest absolute Gasteiger partial charge is 0.461 e. The third-order valence-corrected chi connectivity index (χ3v) is 4.18. The predicted octanol–water partition coefficient (Wildman–Crippen LogP) is 4.01. The number of ether oxygens (including phenoxy) is 2. The number of hydrogen-bond donors (Lipinski definition) is 0. The van der Waals surface area contributed by atoms with E-state index in [0.717, 1.165) is 0 Å². The fourth-order valence-corrected chi connectivity index (χ4v) is 2.71. The second kappa shape index (κ2) is 10.6. The Balaban J connectivity index is 1.78. The van der Waals surface area contributed by atoms with Gasteiger partial charge in [0.05, 0.1) is 12.8 Å². The standard InChI is InChI=1S/C20H16Cl2O6/c21-19(25)15-7-3-1-5-13(15)11-27-17(23)9-10-18(24)28-12-14-6-2-4-8-16(14)20(22)26/h1-8H,9-12H2. The minimum atomic E-state index is -0.647. The molecule has 2 aromatic rings. The van der Waals surface area contributed by atoms with Crippen molar-refractivity contribution in [3.8, 4) is 0 Å². The molecule has 0 saturated carbocycles. The van der Waals surface area contributed by atoms with Gasteiger partial charge in [-0.05, 0) is 35.3 Å². The Morgan fingerprint density at radius 3 is 1.36 bits per heavy atom. The van der Waals surface area contributed by atoms with Crippen molar-refractivity contribution in [2.75, 3.05) is 0 Å². The summed E-state index contributed by atoms with van der Waals surface area (Å²) in [5.41, 5.74) is 1.45. The molecule has 0 aliphatic rings. The normalized spacial score (nSPS) is 10.2. The Morgan fingerprint density at radius 2 is 1.00 bits per heavy atom. The van der Waals surface area contributed by atoms with Crippen LogP contribution in [0.2, 0.25) is 0 Å². The number of carbonyl (C=O) groups excluding carboxylic acids is 4. The van der Waals surface area contributed by atoms with Crippen LogP contribution in [0.15, 0.2) is 48.5 Å². The average Bonchev–Trinajstić information content (AvgIpc) is 2.69. The molecule has 0 heterocycles. The van der Waals surface area contributed by atoms with E-state index in [9.17, 15) is 19.2 Å². The average molecular weight is 423 g/mol. The van der Waals surface area contributed by atoms with Crippen molar-refractivity contribution in [1.29, 1.82) is 0 Å². The van der Waals surface area contributed by atoms with E-state index >= 15 is 0 Å². The van der Waals surface area contributed by atoms with E-state index in [1.165, 1.54) is 12.1 Å². The molecular formula is C20H16Cl2O6. The van der Waals surface area contributed by atoms with E-state index in [1.54, 1.807) is 36.4 Å². The Kier molecular flexibility index (Phi) is 8.17. The van der Waals surface area contributed by atoms with Gasteiger partial charge in [-0.3, -0.25) is 19.2 Å². The zero-order chi connectivity index (χ0) is 20.5. The monoisotopic (exact) mass is 422 g/mol. The van der Waals surface area contributed by atoms with Gasteiger partial charge in [0, 0.05) is 22.3 Å². The van der Waals surface area contributed by atoms with E-state index < -0.39 is 22.4 Å². The lowest BCUT2D eigenvalue weighted by Gasteiger charge is -2.09. The molecule has 0 spiro atoms. The molecule has 0 fully saturated rings. The molecule has 2 aromatic carbocycles. The maximum atomic E-state index is 11.8. The molecule has 0 radical (unpaired) electrons. The van der Waals surface area contributed by atoms with Crippen LogP contribution < -0.4 is 0 Å². The molecular weight excluding hydrogens is 407 g/mol. The molecule has 2 rings (SSSR count). The first-order valence-electron chi connectivity index (χ1n) is 8.25. The molecule has 28 heavy (non-hydrogen) atoms. The summed E-state index contributed by atoms with van der Waals surface area (Å²) in [5, 5.41) is -1.29. The molecule has 0 N–H and O–H groups in total. The first-order chi connectivity index (χ1) is 13.4. The molecule has 0 amide bonds. The van der Waals surface area contributed by atoms with Gasteiger partial charge in [-0.25, -0.2) is 0 Å². The summed E-state index contributed by atoms with van der Waals surface area (Å²) in [5.74, 6) is -1.24. The molecule has 0 aromatic heterocycles. The molecule has 0 aliphatic heterocycles.